The molecule has 2 unspecified atom stereocenters. The fourth-order valence-corrected chi connectivity index (χ4v) is 1.03. The number of Topliss-reactive ketones (excluding diaryl/α,β-unsaturated/α-hetero) is 1. The molecule has 2 atom stereocenters. The quantitative estimate of drug-likeness (QED) is 0.495. The molecule has 0 rings (SSSR count). The summed E-state index contributed by atoms with van der Waals surface area (Å²) < 4.78 is 4.98. The number of ether oxygens (including phenoxy) is 1. The van der Waals surface area contributed by atoms with E-state index < -0.39 is 0 Å². The van der Waals surface area contributed by atoms with Gasteiger partial charge in [0.15, 0.2) is 0 Å². The van der Waals surface area contributed by atoms with Crippen LogP contribution in [0.5, 0.6) is 0 Å². The summed E-state index contributed by atoms with van der Waals surface area (Å²) in [7, 11) is 0. The van der Waals surface area contributed by atoms with E-state index in [9.17, 15) is 9.59 Å². The molecule has 0 heterocycles. The van der Waals surface area contributed by atoms with Crippen LogP contribution in [-0.2, 0) is 14.3 Å². The Labute approximate surface area is 84.8 Å². The zero-order valence-corrected chi connectivity index (χ0v) is 8.87. The largest absolute Gasteiger partial charge is 0.462 e. The molecule has 0 fully saturated rings. The molecule has 0 saturated carbocycles. The predicted octanol–water partition coefficient (Wildman–Crippen LogP) is 1.56. The topological polar surface area (TPSA) is 43.4 Å². The summed E-state index contributed by atoms with van der Waals surface area (Å²) in [5.41, 5.74) is 0. The fraction of sp³-hybridized carbons (Fsp3) is 0.636. The first kappa shape index (κ1) is 12.7. The zero-order chi connectivity index (χ0) is 11.1. The van der Waals surface area contributed by atoms with E-state index in [2.05, 4.69) is 5.92 Å². The van der Waals surface area contributed by atoms with Crippen LogP contribution in [0.15, 0.2) is 0 Å². The van der Waals surface area contributed by atoms with E-state index in [1.807, 2.05) is 0 Å². The van der Waals surface area contributed by atoms with Crippen LogP contribution < -0.4 is 0 Å². The maximum Gasteiger partial charge on any atom is 0.307 e. The number of hydrogen-bond donors (Lipinski definition) is 0. The number of rotatable bonds is 5. The van der Waals surface area contributed by atoms with Gasteiger partial charge in [0.05, 0.1) is 6.42 Å². The maximum absolute atomic E-state index is 11.2. The van der Waals surface area contributed by atoms with Crippen LogP contribution in [0.4, 0.5) is 0 Å². The number of ketones is 1. The Morgan fingerprint density at radius 2 is 1.93 bits per heavy atom. The molecular weight excluding hydrogens is 180 g/mol. The standard InChI is InChI=1S/C11H16O3/c1-5-8(2)6-11(13)14-10(4)7-9(3)12/h1,8,10H,6-7H2,2-4H3. The first-order chi connectivity index (χ1) is 6.45. The molecule has 0 radical (unpaired) electrons. The second-order valence-electron chi connectivity index (χ2n) is 3.48. The van der Waals surface area contributed by atoms with Crippen molar-refractivity contribution in [1.29, 1.82) is 0 Å². The summed E-state index contributed by atoms with van der Waals surface area (Å²) in [6, 6.07) is 0. The lowest BCUT2D eigenvalue weighted by molar-refractivity contribution is -0.149. The molecule has 0 bridgehead atoms. The Hall–Kier alpha value is -1.30. The predicted molar refractivity (Wildman–Crippen MR) is 53.5 cm³/mol. The van der Waals surface area contributed by atoms with Gasteiger partial charge in [0.25, 0.3) is 0 Å². The Bertz CT molecular complexity index is 250. The molecule has 0 aromatic heterocycles. The van der Waals surface area contributed by atoms with Crippen LogP contribution in [0.1, 0.15) is 33.6 Å². The summed E-state index contributed by atoms with van der Waals surface area (Å²) in [4.78, 5) is 21.9. The Morgan fingerprint density at radius 1 is 1.36 bits per heavy atom. The van der Waals surface area contributed by atoms with Gasteiger partial charge >= 0.3 is 5.97 Å². The number of carbonyl (C=O) groups is 2. The van der Waals surface area contributed by atoms with Gasteiger partial charge < -0.3 is 4.74 Å². The minimum atomic E-state index is -0.357. The van der Waals surface area contributed by atoms with Gasteiger partial charge in [0, 0.05) is 12.3 Å². The van der Waals surface area contributed by atoms with E-state index in [1.165, 1.54) is 6.92 Å². The smallest absolute Gasteiger partial charge is 0.307 e. The Kier molecular flexibility index (Phi) is 5.62. The van der Waals surface area contributed by atoms with Gasteiger partial charge in [-0.2, -0.15) is 0 Å². The number of esters is 1. The molecule has 3 heteroatoms. The third kappa shape index (κ3) is 6.24. The molecule has 0 saturated heterocycles. The molecule has 0 spiro atoms. The molecule has 0 amide bonds. The zero-order valence-electron chi connectivity index (χ0n) is 8.87. The first-order valence-electron chi connectivity index (χ1n) is 4.60. The molecule has 78 valence electrons. The molecule has 0 aromatic rings. The van der Waals surface area contributed by atoms with Crippen molar-refractivity contribution in [1.82, 2.24) is 0 Å². The van der Waals surface area contributed by atoms with Crippen molar-refractivity contribution in [2.45, 2.75) is 39.7 Å². The van der Waals surface area contributed by atoms with Crippen LogP contribution in [0.3, 0.4) is 0 Å². The lowest BCUT2D eigenvalue weighted by atomic mass is 10.1. The number of carbonyl (C=O) groups excluding carboxylic acids is 2. The van der Waals surface area contributed by atoms with E-state index >= 15 is 0 Å². The highest BCUT2D eigenvalue weighted by atomic mass is 16.5. The van der Waals surface area contributed by atoms with E-state index in [4.69, 9.17) is 11.2 Å². The van der Waals surface area contributed by atoms with E-state index in [0.717, 1.165) is 0 Å². The van der Waals surface area contributed by atoms with Crippen molar-refractivity contribution in [2.24, 2.45) is 5.92 Å². The average molecular weight is 196 g/mol. The molecule has 3 nitrogen and oxygen atoms in total. The normalized spacial score (nSPS) is 13.9. The average Bonchev–Trinajstić information content (AvgIpc) is 2.01. The molecule has 0 aliphatic carbocycles. The molecular formula is C11H16O3. The highest BCUT2D eigenvalue weighted by Gasteiger charge is 2.13. The van der Waals surface area contributed by atoms with Crippen molar-refractivity contribution in [3.05, 3.63) is 0 Å². The highest BCUT2D eigenvalue weighted by molar-refractivity contribution is 5.76. The second-order valence-corrected chi connectivity index (χ2v) is 3.48. The van der Waals surface area contributed by atoms with Crippen LogP contribution >= 0.6 is 0 Å². The van der Waals surface area contributed by atoms with Gasteiger partial charge in [0.1, 0.15) is 11.9 Å². The van der Waals surface area contributed by atoms with E-state index in [-0.39, 0.29) is 36.6 Å². The van der Waals surface area contributed by atoms with Crippen LogP contribution in [0, 0.1) is 18.3 Å². The van der Waals surface area contributed by atoms with Crippen LogP contribution in [-0.4, -0.2) is 17.9 Å². The summed E-state index contributed by atoms with van der Waals surface area (Å²) >= 11 is 0. The van der Waals surface area contributed by atoms with E-state index in [0.29, 0.717) is 0 Å². The second kappa shape index (κ2) is 6.20. The lowest BCUT2D eigenvalue weighted by Crippen LogP contribution is -2.18. The lowest BCUT2D eigenvalue weighted by Gasteiger charge is -2.12. The van der Waals surface area contributed by atoms with Gasteiger partial charge in [0.2, 0.25) is 0 Å². The fourth-order valence-electron chi connectivity index (χ4n) is 1.03. The molecule has 14 heavy (non-hydrogen) atoms. The van der Waals surface area contributed by atoms with Crippen molar-refractivity contribution in [3.63, 3.8) is 0 Å². The Balaban J connectivity index is 3.83. The third-order valence-corrected chi connectivity index (χ3v) is 1.66. The molecule has 0 aliphatic rings. The van der Waals surface area contributed by atoms with Gasteiger partial charge in [-0.3, -0.25) is 9.59 Å². The van der Waals surface area contributed by atoms with Gasteiger partial charge in [-0.05, 0) is 13.8 Å². The number of terminal acetylenes is 1. The minimum Gasteiger partial charge on any atom is -0.462 e. The van der Waals surface area contributed by atoms with Gasteiger partial charge in [-0.15, -0.1) is 12.3 Å². The van der Waals surface area contributed by atoms with Crippen molar-refractivity contribution >= 4 is 11.8 Å². The summed E-state index contributed by atoms with van der Waals surface area (Å²) in [5.74, 6) is 1.99. The van der Waals surface area contributed by atoms with Crippen LogP contribution in [0.25, 0.3) is 0 Å². The highest BCUT2D eigenvalue weighted by Crippen LogP contribution is 2.05. The van der Waals surface area contributed by atoms with Gasteiger partial charge in [-0.25, -0.2) is 0 Å². The number of hydrogen-bond acceptors (Lipinski definition) is 3. The molecule has 0 aromatic carbocycles. The summed E-state index contributed by atoms with van der Waals surface area (Å²) in [6.45, 7) is 4.94. The molecule has 0 N–H and O–H groups in total. The summed E-state index contributed by atoms with van der Waals surface area (Å²) in [5, 5.41) is 0. The maximum atomic E-state index is 11.2. The van der Waals surface area contributed by atoms with Crippen molar-refractivity contribution < 1.29 is 14.3 Å². The first-order valence-corrected chi connectivity index (χ1v) is 4.60. The van der Waals surface area contributed by atoms with E-state index in [1.54, 1.807) is 13.8 Å². The summed E-state index contributed by atoms with van der Waals surface area (Å²) in [6.07, 6.45) is 5.23. The third-order valence-electron chi connectivity index (χ3n) is 1.66. The SMILES string of the molecule is C#CC(C)CC(=O)OC(C)CC(C)=O. The minimum absolute atomic E-state index is 0.00954. The molecule has 0 aliphatic heterocycles. The van der Waals surface area contributed by atoms with Crippen molar-refractivity contribution in [2.75, 3.05) is 0 Å². The Morgan fingerprint density at radius 3 is 2.36 bits per heavy atom. The van der Waals surface area contributed by atoms with Gasteiger partial charge in [-0.1, -0.05) is 6.92 Å². The van der Waals surface area contributed by atoms with Crippen LogP contribution in [0.2, 0.25) is 0 Å². The van der Waals surface area contributed by atoms with Crippen molar-refractivity contribution in [3.8, 4) is 12.3 Å². The monoisotopic (exact) mass is 196 g/mol.